The Bertz CT molecular complexity index is 614. The van der Waals surface area contributed by atoms with E-state index in [0.717, 1.165) is 17.7 Å². The summed E-state index contributed by atoms with van der Waals surface area (Å²) >= 11 is 6.25. The summed E-state index contributed by atoms with van der Waals surface area (Å²) in [5.41, 5.74) is 7.25. The lowest BCUT2D eigenvalue weighted by molar-refractivity contribution is 0.297. The Morgan fingerprint density at radius 2 is 2.15 bits per heavy atom. The minimum Gasteiger partial charge on any atom is -0.489 e. The molecule has 20 heavy (non-hydrogen) atoms. The summed E-state index contributed by atoms with van der Waals surface area (Å²) in [6.07, 6.45) is 2.67. The maximum absolute atomic E-state index is 6.25. The number of hydrogen-bond donors (Lipinski definition) is 1. The summed E-state index contributed by atoms with van der Waals surface area (Å²) in [4.78, 5) is 0. The minimum atomic E-state index is 0.377. The molecule has 0 amide bonds. The number of nitrogens with zero attached hydrogens (tertiary/aromatic N) is 3. The molecule has 0 atom stereocenters. The van der Waals surface area contributed by atoms with Gasteiger partial charge in [0, 0.05) is 13.0 Å². The summed E-state index contributed by atoms with van der Waals surface area (Å²) in [5, 5.41) is 8.52. The van der Waals surface area contributed by atoms with Crippen LogP contribution in [0.2, 0.25) is 5.02 Å². The van der Waals surface area contributed by atoms with E-state index in [0.29, 0.717) is 42.8 Å². The van der Waals surface area contributed by atoms with Crippen molar-refractivity contribution in [3.05, 3.63) is 34.6 Å². The maximum Gasteiger partial charge on any atom is 0.179 e. The van der Waals surface area contributed by atoms with Gasteiger partial charge in [-0.1, -0.05) is 16.8 Å². The van der Waals surface area contributed by atoms with Crippen molar-refractivity contribution in [2.75, 3.05) is 13.2 Å². The molecule has 106 valence electrons. The fraction of sp³-hybridized carbons (Fsp3) is 0.385. The average Bonchev–Trinajstić information content (AvgIpc) is 2.74. The van der Waals surface area contributed by atoms with Crippen LogP contribution in [-0.2, 0) is 13.1 Å². The van der Waals surface area contributed by atoms with Crippen molar-refractivity contribution < 1.29 is 9.47 Å². The van der Waals surface area contributed by atoms with Gasteiger partial charge in [-0.05, 0) is 17.7 Å². The molecule has 1 aliphatic rings. The van der Waals surface area contributed by atoms with E-state index in [9.17, 15) is 0 Å². The van der Waals surface area contributed by atoms with E-state index in [1.807, 2.05) is 18.3 Å². The fourth-order valence-corrected chi connectivity index (χ4v) is 2.36. The lowest BCUT2D eigenvalue weighted by Gasteiger charge is -2.11. The summed E-state index contributed by atoms with van der Waals surface area (Å²) < 4.78 is 13.0. The topological polar surface area (TPSA) is 75.2 Å². The van der Waals surface area contributed by atoms with E-state index in [2.05, 4.69) is 10.3 Å². The summed E-state index contributed by atoms with van der Waals surface area (Å²) in [7, 11) is 0. The molecule has 2 aromatic rings. The first-order chi connectivity index (χ1) is 9.76. The first kappa shape index (κ1) is 13.2. The minimum absolute atomic E-state index is 0.377. The third-order valence-corrected chi connectivity index (χ3v) is 3.28. The van der Waals surface area contributed by atoms with Crippen LogP contribution in [0.3, 0.4) is 0 Å². The number of hydrogen-bond acceptors (Lipinski definition) is 5. The van der Waals surface area contributed by atoms with Gasteiger partial charge in [-0.15, -0.1) is 5.10 Å². The van der Waals surface area contributed by atoms with Crippen LogP contribution in [0.4, 0.5) is 0 Å². The molecular formula is C13H15ClN4O2. The molecule has 0 saturated heterocycles. The van der Waals surface area contributed by atoms with Crippen LogP contribution in [0, 0.1) is 0 Å². The van der Waals surface area contributed by atoms with Crippen LogP contribution in [-0.4, -0.2) is 28.2 Å². The number of ether oxygens (including phenoxy) is 2. The van der Waals surface area contributed by atoms with E-state index >= 15 is 0 Å². The summed E-state index contributed by atoms with van der Waals surface area (Å²) in [6, 6.07) is 3.79. The molecule has 0 fully saturated rings. The molecule has 3 rings (SSSR count). The Morgan fingerprint density at radius 1 is 1.30 bits per heavy atom. The van der Waals surface area contributed by atoms with Crippen molar-refractivity contribution in [2.45, 2.75) is 19.5 Å². The van der Waals surface area contributed by atoms with Crippen molar-refractivity contribution in [3.8, 4) is 11.5 Å². The summed E-state index contributed by atoms with van der Waals surface area (Å²) in [5.74, 6) is 1.30. The van der Waals surface area contributed by atoms with Gasteiger partial charge in [-0.25, -0.2) is 4.68 Å². The second-order valence-corrected chi connectivity index (χ2v) is 4.97. The molecule has 1 aromatic carbocycles. The molecule has 0 aliphatic carbocycles. The average molecular weight is 295 g/mol. The Balaban J connectivity index is 1.86. The molecule has 2 N–H and O–H groups in total. The number of nitrogens with two attached hydrogens (primary N) is 1. The van der Waals surface area contributed by atoms with Crippen molar-refractivity contribution in [1.82, 2.24) is 15.0 Å². The first-order valence-electron chi connectivity index (χ1n) is 6.43. The summed E-state index contributed by atoms with van der Waals surface area (Å²) in [6.45, 7) is 2.19. The monoisotopic (exact) mass is 294 g/mol. The van der Waals surface area contributed by atoms with Gasteiger partial charge < -0.3 is 15.2 Å². The van der Waals surface area contributed by atoms with Gasteiger partial charge >= 0.3 is 0 Å². The van der Waals surface area contributed by atoms with E-state index < -0.39 is 0 Å². The van der Waals surface area contributed by atoms with Gasteiger partial charge in [-0.2, -0.15) is 0 Å². The highest BCUT2D eigenvalue weighted by molar-refractivity contribution is 6.32. The van der Waals surface area contributed by atoms with Crippen molar-refractivity contribution in [3.63, 3.8) is 0 Å². The highest BCUT2D eigenvalue weighted by Gasteiger charge is 2.15. The second-order valence-electron chi connectivity index (χ2n) is 4.57. The van der Waals surface area contributed by atoms with E-state index in [1.54, 1.807) is 4.68 Å². The molecule has 0 spiro atoms. The van der Waals surface area contributed by atoms with Crippen LogP contribution >= 0.6 is 11.6 Å². The number of aromatic nitrogens is 3. The molecule has 0 unspecified atom stereocenters. The quantitative estimate of drug-likeness (QED) is 0.930. The van der Waals surface area contributed by atoms with Gasteiger partial charge in [0.1, 0.15) is 0 Å². The maximum atomic E-state index is 6.25. The lowest BCUT2D eigenvalue weighted by atomic mass is 10.2. The number of rotatable bonds is 3. The van der Waals surface area contributed by atoms with Crippen molar-refractivity contribution in [2.24, 2.45) is 5.73 Å². The molecule has 2 heterocycles. The van der Waals surface area contributed by atoms with Crippen LogP contribution in [0.15, 0.2) is 18.3 Å². The Labute approximate surface area is 121 Å². The Hall–Kier alpha value is -1.79. The highest BCUT2D eigenvalue weighted by Crippen LogP contribution is 2.38. The third kappa shape index (κ3) is 2.71. The molecule has 6 nitrogen and oxygen atoms in total. The smallest absolute Gasteiger partial charge is 0.179 e. The van der Waals surface area contributed by atoms with Gasteiger partial charge in [0.2, 0.25) is 0 Å². The predicted molar refractivity (Wildman–Crippen MR) is 74.1 cm³/mol. The predicted octanol–water partition coefficient (Wildman–Crippen LogP) is 1.60. The standard InChI is InChI=1S/C13H15ClN4O2/c14-11-4-9(7-18-8-10(6-15)16-17-18)5-12-13(11)20-3-1-2-19-12/h4-5,8H,1-3,6-7,15H2. The van der Waals surface area contributed by atoms with E-state index in [1.165, 1.54) is 0 Å². The van der Waals surface area contributed by atoms with Gasteiger partial charge in [0.25, 0.3) is 0 Å². The van der Waals surface area contributed by atoms with Gasteiger partial charge in [-0.3, -0.25) is 0 Å². The van der Waals surface area contributed by atoms with Crippen LogP contribution in [0.5, 0.6) is 11.5 Å². The molecular weight excluding hydrogens is 280 g/mol. The number of halogens is 1. The zero-order chi connectivity index (χ0) is 13.9. The molecule has 7 heteroatoms. The Morgan fingerprint density at radius 3 is 2.95 bits per heavy atom. The highest BCUT2D eigenvalue weighted by atomic mass is 35.5. The Kier molecular flexibility index (Phi) is 3.75. The first-order valence-corrected chi connectivity index (χ1v) is 6.81. The molecule has 1 aliphatic heterocycles. The zero-order valence-corrected chi connectivity index (χ0v) is 11.6. The molecule has 1 aromatic heterocycles. The van der Waals surface area contributed by atoms with Crippen molar-refractivity contribution in [1.29, 1.82) is 0 Å². The van der Waals surface area contributed by atoms with E-state index in [-0.39, 0.29) is 0 Å². The lowest BCUT2D eigenvalue weighted by Crippen LogP contribution is -2.02. The third-order valence-electron chi connectivity index (χ3n) is 3.00. The molecule has 0 radical (unpaired) electrons. The van der Waals surface area contributed by atoms with Gasteiger partial charge in [0.05, 0.1) is 36.7 Å². The van der Waals surface area contributed by atoms with E-state index in [4.69, 9.17) is 26.8 Å². The number of fused-ring (bicyclic) bond motifs is 1. The van der Waals surface area contributed by atoms with Crippen LogP contribution < -0.4 is 15.2 Å². The van der Waals surface area contributed by atoms with Crippen LogP contribution in [0.1, 0.15) is 17.7 Å². The normalized spacial score (nSPS) is 14.1. The van der Waals surface area contributed by atoms with Crippen molar-refractivity contribution >= 4 is 11.6 Å². The number of benzene rings is 1. The van der Waals surface area contributed by atoms with Gasteiger partial charge in [0.15, 0.2) is 11.5 Å². The fourth-order valence-electron chi connectivity index (χ4n) is 2.07. The molecule has 0 bridgehead atoms. The van der Waals surface area contributed by atoms with Crippen LogP contribution in [0.25, 0.3) is 0 Å². The largest absolute Gasteiger partial charge is 0.489 e. The SMILES string of the molecule is NCc1cn(Cc2cc(Cl)c3c(c2)OCCCO3)nn1. The molecule has 0 saturated carbocycles. The zero-order valence-electron chi connectivity index (χ0n) is 10.9. The second kappa shape index (κ2) is 5.68.